The molecule has 35 heavy (non-hydrogen) atoms. The summed E-state index contributed by atoms with van der Waals surface area (Å²) in [4.78, 5) is 4.13. The molecule has 8 nitrogen and oxygen atoms in total. The minimum absolute atomic E-state index is 0.0332. The Balaban J connectivity index is 1.58. The Kier molecular flexibility index (Phi) is 6.04. The van der Waals surface area contributed by atoms with Crippen molar-refractivity contribution in [2.24, 2.45) is 0 Å². The quantitative estimate of drug-likeness (QED) is 0.371. The number of ether oxygens (including phenoxy) is 3. The summed E-state index contributed by atoms with van der Waals surface area (Å²) in [6.45, 7) is 3.08. The smallest absolute Gasteiger partial charge is 0.238 e. The molecule has 1 aliphatic rings. The lowest BCUT2D eigenvalue weighted by Crippen LogP contribution is -2.16. The molecule has 5 rings (SSSR count). The van der Waals surface area contributed by atoms with E-state index in [1.165, 1.54) is 36.4 Å². The topological polar surface area (TPSA) is 99.9 Å². The van der Waals surface area contributed by atoms with Crippen LogP contribution in [0.25, 0.3) is 11.5 Å². The average molecular weight is 497 g/mol. The lowest BCUT2D eigenvalue weighted by Gasteiger charge is -2.18. The fourth-order valence-corrected chi connectivity index (χ4v) is 4.82. The summed E-state index contributed by atoms with van der Waals surface area (Å²) in [5.41, 5.74) is 0.564. The number of hydrogen-bond donors (Lipinski definition) is 1. The van der Waals surface area contributed by atoms with E-state index in [9.17, 15) is 12.8 Å². The summed E-state index contributed by atoms with van der Waals surface area (Å²) in [6.07, 6.45) is 0. The molecule has 1 aliphatic heterocycles. The molecule has 0 aliphatic carbocycles. The first kappa shape index (κ1) is 22.7. The van der Waals surface area contributed by atoms with Crippen LogP contribution in [0.5, 0.6) is 17.2 Å². The zero-order valence-electron chi connectivity index (χ0n) is 18.7. The highest BCUT2D eigenvalue weighted by Crippen LogP contribution is 2.38. The highest BCUT2D eigenvalue weighted by molar-refractivity contribution is 7.91. The second-order valence-electron chi connectivity index (χ2n) is 7.52. The molecular formula is C25H21FN2O6S. The van der Waals surface area contributed by atoms with Gasteiger partial charge in [-0.25, -0.2) is 12.8 Å². The maximum Gasteiger partial charge on any atom is 0.238 e. The predicted molar refractivity (Wildman–Crippen MR) is 126 cm³/mol. The molecule has 2 heterocycles. The van der Waals surface area contributed by atoms with Crippen LogP contribution in [-0.2, 0) is 9.84 Å². The molecule has 0 saturated carbocycles. The van der Waals surface area contributed by atoms with E-state index in [1.807, 2.05) is 6.92 Å². The van der Waals surface area contributed by atoms with Gasteiger partial charge in [-0.15, -0.1) is 0 Å². The summed E-state index contributed by atoms with van der Waals surface area (Å²) < 4.78 is 63.9. The zero-order valence-corrected chi connectivity index (χ0v) is 19.5. The molecule has 0 atom stereocenters. The van der Waals surface area contributed by atoms with Crippen molar-refractivity contribution in [2.45, 2.75) is 16.8 Å². The standard InChI is InChI=1S/C25H21FN2O6S/c1-2-31-17-9-7-16(8-10-17)27-24-25(28-23(34-24)19-5-3-4-6-20(19)26)35(29,30)18-11-12-21-22(15-18)33-14-13-32-21/h3-12,15,27H,2,13-14H2,1H3. The van der Waals surface area contributed by atoms with Crippen molar-refractivity contribution in [2.75, 3.05) is 25.1 Å². The first-order valence-electron chi connectivity index (χ1n) is 10.9. The molecule has 1 N–H and O–H groups in total. The van der Waals surface area contributed by atoms with Gasteiger partial charge in [0.25, 0.3) is 0 Å². The van der Waals surface area contributed by atoms with E-state index in [2.05, 4.69) is 10.3 Å². The number of hydrogen-bond acceptors (Lipinski definition) is 8. The molecule has 4 aromatic rings. The maximum absolute atomic E-state index is 14.5. The molecular weight excluding hydrogens is 475 g/mol. The van der Waals surface area contributed by atoms with Crippen LogP contribution < -0.4 is 19.5 Å². The number of fused-ring (bicyclic) bond motifs is 1. The van der Waals surface area contributed by atoms with Gasteiger partial charge >= 0.3 is 0 Å². The molecule has 3 aromatic carbocycles. The van der Waals surface area contributed by atoms with Crippen molar-refractivity contribution < 1.29 is 31.4 Å². The van der Waals surface area contributed by atoms with E-state index in [0.29, 0.717) is 42.8 Å². The van der Waals surface area contributed by atoms with Crippen molar-refractivity contribution in [3.63, 3.8) is 0 Å². The number of oxazole rings is 1. The van der Waals surface area contributed by atoms with Crippen LogP contribution in [0.4, 0.5) is 16.0 Å². The summed E-state index contributed by atoms with van der Waals surface area (Å²) in [6, 6.07) is 17.0. The Hall–Kier alpha value is -4.05. The Morgan fingerprint density at radius 2 is 1.74 bits per heavy atom. The molecule has 0 fully saturated rings. The Labute approximate surface area is 201 Å². The van der Waals surface area contributed by atoms with Gasteiger partial charge in [-0.1, -0.05) is 12.1 Å². The van der Waals surface area contributed by atoms with E-state index in [-0.39, 0.29) is 27.3 Å². The van der Waals surface area contributed by atoms with Crippen molar-refractivity contribution in [3.8, 4) is 28.7 Å². The van der Waals surface area contributed by atoms with Gasteiger partial charge in [-0.05, 0) is 55.5 Å². The number of sulfone groups is 1. The van der Waals surface area contributed by atoms with E-state index in [1.54, 1.807) is 30.3 Å². The van der Waals surface area contributed by atoms with E-state index >= 15 is 0 Å². The van der Waals surface area contributed by atoms with Crippen molar-refractivity contribution in [1.82, 2.24) is 4.98 Å². The normalized spacial score (nSPS) is 12.9. The molecule has 0 spiro atoms. The van der Waals surface area contributed by atoms with Crippen LogP contribution in [0.3, 0.4) is 0 Å². The Morgan fingerprint density at radius 1 is 1.00 bits per heavy atom. The second kappa shape index (κ2) is 9.30. The lowest BCUT2D eigenvalue weighted by atomic mass is 10.2. The fraction of sp³-hybridized carbons (Fsp3) is 0.160. The molecule has 1 aromatic heterocycles. The largest absolute Gasteiger partial charge is 0.494 e. The number of anilines is 2. The van der Waals surface area contributed by atoms with Crippen LogP contribution in [-0.4, -0.2) is 33.2 Å². The van der Waals surface area contributed by atoms with Crippen LogP contribution in [0, 0.1) is 5.82 Å². The number of halogens is 1. The van der Waals surface area contributed by atoms with Gasteiger partial charge in [-0.3, -0.25) is 0 Å². The van der Waals surface area contributed by atoms with Gasteiger partial charge in [0, 0.05) is 11.8 Å². The minimum Gasteiger partial charge on any atom is -0.494 e. The van der Waals surface area contributed by atoms with Gasteiger partial charge in [0.15, 0.2) is 11.5 Å². The molecule has 0 radical (unpaired) electrons. The summed E-state index contributed by atoms with van der Waals surface area (Å²) >= 11 is 0. The fourth-order valence-electron chi connectivity index (χ4n) is 3.55. The van der Waals surface area contributed by atoms with E-state index in [0.717, 1.165) is 0 Å². The summed E-state index contributed by atoms with van der Waals surface area (Å²) in [5, 5.41) is 2.56. The molecule has 0 amide bonds. The maximum atomic E-state index is 14.5. The predicted octanol–water partition coefficient (Wildman–Crippen LogP) is 5.23. The number of aromatic nitrogens is 1. The molecule has 0 saturated heterocycles. The third-order valence-electron chi connectivity index (χ3n) is 5.20. The molecule has 10 heteroatoms. The number of nitrogens with zero attached hydrogens (tertiary/aromatic N) is 1. The number of rotatable bonds is 7. The SMILES string of the molecule is CCOc1ccc(Nc2oc(-c3ccccc3F)nc2S(=O)(=O)c2ccc3c(c2)OCCO3)cc1. The van der Waals surface area contributed by atoms with Gasteiger partial charge in [0.1, 0.15) is 24.8 Å². The summed E-state index contributed by atoms with van der Waals surface area (Å²) in [5.74, 6) is 0.512. The monoisotopic (exact) mass is 496 g/mol. The minimum atomic E-state index is -4.19. The van der Waals surface area contributed by atoms with E-state index in [4.69, 9.17) is 18.6 Å². The van der Waals surface area contributed by atoms with Gasteiger partial charge in [0.05, 0.1) is 17.1 Å². The van der Waals surface area contributed by atoms with Gasteiger partial charge in [0.2, 0.25) is 26.6 Å². The highest BCUT2D eigenvalue weighted by atomic mass is 32.2. The molecule has 0 bridgehead atoms. The van der Waals surface area contributed by atoms with E-state index < -0.39 is 15.7 Å². The van der Waals surface area contributed by atoms with Crippen LogP contribution >= 0.6 is 0 Å². The zero-order chi connectivity index (χ0) is 24.4. The summed E-state index contributed by atoms with van der Waals surface area (Å²) in [7, 11) is -4.19. The molecule has 0 unspecified atom stereocenters. The third-order valence-corrected chi connectivity index (χ3v) is 6.86. The Morgan fingerprint density at radius 3 is 2.49 bits per heavy atom. The van der Waals surface area contributed by atoms with Crippen molar-refractivity contribution >= 4 is 21.4 Å². The number of benzene rings is 3. The Bertz CT molecular complexity index is 1470. The van der Waals surface area contributed by atoms with Gasteiger partial charge in [-0.2, -0.15) is 4.98 Å². The van der Waals surface area contributed by atoms with Crippen LogP contribution in [0.1, 0.15) is 6.92 Å². The highest BCUT2D eigenvalue weighted by Gasteiger charge is 2.30. The average Bonchev–Trinajstić information content (AvgIpc) is 3.29. The molecule has 180 valence electrons. The number of nitrogens with one attached hydrogen (secondary N) is 1. The van der Waals surface area contributed by atoms with Gasteiger partial charge < -0.3 is 23.9 Å². The third kappa shape index (κ3) is 4.52. The lowest BCUT2D eigenvalue weighted by molar-refractivity contribution is 0.171. The first-order chi connectivity index (χ1) is 17.0. The second-order valence-corrected chi connectivity index (χ2v) is 9.39. The first-order valence-corrected chi connectivity index (χ1v) is 12.3. The van der Waals surface area contributed by atoms with Crippen LogP contribution in [0.2, 0.25) is 0 Å². The van der Waals surface area contributed by atoms with Crippen molar-refractivity contribution in [1.29, 1.82) is 0 Å². The van der Waals surface area contributed by atoms with Crippen LogP contribution in [0.15, 0.2) is 81.1 Å². The van der Waals surface area contributed by atoms with Crippen molar-refractivity contribution in [3.05, 3.63) is 72.5 Å².